The van der Waals surface area contributed by atoms with Crippen molar-refractivity contribution < 1.29 is 9.18 Å². The molecule has 0 saturated heterocycles. The number of amides is 1. The largest absolute Gasteiger partial charge is 0.349 e. The average Bonchev–Trinajstić information content (AvgIpc) is 2.35. The van der Waals surface area contributed by atoms with Gasteiger partial charge in [-0.25, -0.2) is 4.39 Å². The summed E-state index contributed by atoms with van der Waals surface area (Å²) in [5.74, 6) is -0.123. The van der Waals surface area contributed by atoms with Crippen molar-refractivity contribution in [1.29, 1.82) is 0 Å². The van der Waals surface area contributed by atoms with Crippen LogP contribution in [-0.2, 0) is 4.79 Å². The van der Waals surface area contributed by atoms with Crippen molar-refractivity contribution in [3.8, 4) is 0 Å². The zero-order valence-corrected chi connectivity index (χ0v) is 11.2. The first-order valence-corrected chi connectivity index (χ1v) is 6.24. The van der Waals surface area contributed by atoms with Crippen LogP contribution in [-0.4, -0.2) is 31.4 Å². The van der Waals surface area contributed by atoms with Gasteiger partial charge in [0.15, 0.2) is 0 Å². The molecule has 1 N–H and O–H groups in total. The molecule has 1 unspecified atom stereocenters. The summed E-state index contributed by atoms with van der Waals surface area (Å²) in [6.45, 7) is 2.56. The van der Waals surface area contributed by atoms with Crippen LogP contribution in [0, 0.1) is 5.82 Å². The number of halogens is 1. The van der Waals surface area contributed by atoms with Gasteiger partial charge < -0.3 is 10.2 Å². The molecule has 0 aliphatic carbocycles. The minimum atomic E-state index is -0.198. The Labute approximate surface area is 108 Å². The van der Waals surface area contributed by atoms with Crippen molar-refractivity contribution in [1.82, 2.24) is 10.2 Å². The van der Waals surface area contributed by atoms with Gasteiger partial charge in [-0.3, -0.25) is 4.79 Å². The molecular formula is C14H21FN2O. The van der Waals surface area contributed by atoms with Crippen LogP contribution in [0.2, 0.25) is 0 Å². The Morgan fingerprint density at radius 3 is 2.61 bits per heavy atom. The summed E-state index contributed by atoms with van der Waals surface area (Å²) in [5, 5.41) is 3.22. The summed E-state index contributed by atoms with van der Waals surface area (Å²) in [5.41, 5.74) is 0.664. The standard InChI is InChI=1S/C14H21FN2O/c1-4-13(11-7-5-6-8-12(11)15)16-10-9-14(18)17(2)3/h5-8,13,16H,4,9-10H2,1-3H3. The van der Waals surface area contributed by atoms with Crippen molar-refractivity contribution in [2.75, 3.05) is 20.6 Å². The molecule has 18 heavy (non-hydrogen) atoms. The van der Waals surface area contributed by atoms with Crippen molar-refractivity contribution in [3.05, 3.63) is 35.6 Å². The minimum Gasteiger partial charge on any atom is -0.349 e. The Morgan fingerprint density at radius 2 is 2.06 bits per heavy atom. The van der Waals surface area contributed by atoms with E-state index in [1.165, 1.54) is 6.07 Å². The fourth-order valence-corrected chi connectivity index (χ4v) is 1.81. The molecule has 1 rings (SSSR count). The van der Waals surface area contributed by atoms with E-state index < -0.39 is 0 Å². The van der Waals surface area contributed by atoms with Crippen LogP contribution in [0.1, 0.15) is 31.4 Å². The monoisotopic (exact) mass is 252 g/mol. The lowest BCUT2D eigenvalue weighted by Gasteiger charge is -2.18. The minimum absolute atomic E-state index is 0.0406. The highest BCUT2D eigenvalue weighted by molar-refractivity contribution is 5.75. The number of hydrogen-bond acceptors (Lipinski definition) is 2. The van der Waals surface area contributed by atoms with Gasteiger partial charge in [-0.1, -0.05) is 25.1 Å². The molecule has 0 bridgehead atoms. The third-order valence-electron chi connectivity index (χ3n) is 2.92. The molecule has 0 heterocycles. The third-order valence-corrected chi connectivity index (χ3v) is 2.92. The van der Waals surface area contributed by atoms with Gasteiger partial charge in [0.05, 0.1) is 0 Å². The van der Waals surface area contributed by atoms with Gasteiger partial charge in [0, 0.05) is 38.7 Å². The van der Waals surface area contributed by atoms with Gasteiger partial charge in [0.2, 0.25) is 5.91 Å². The summed E-state index contributed by atoms with van der Waals surface area (Å²) in [4.78, 5) is 13.0. The summed E-state index contributed by atoms with van der Waals surface area (Å²) in [7, 11) is 3.47. The third kappa shape index (κ3) is 4.11. The first-order chi connectivity index (χ1) is 8.56. The zero-order valence-electron chi connectivity index (χ0n) is 11.2. The Balaban J connectivity index is 2.53. The Morgan fingerprint density at radius 1 is 1.39 bits per heavy atom. The van der Waals surface area contributed by atoms with Crippen LogP contribution in [0.5, 0.6) is 0 Å². The Hall–Kier alpha value is -1.42. The van der Waals surface area contributed by atoms with Gasteiger partial charge in [0.1, 0.15) is 5.82 Å². The molecule has 1 aromatic carbocycles. The fourth-order valence-electron chi connectivity index (χ4n) is 1.81. The predicted molar refractivity (Wildman–Crippen MR) is 70.7 cm³/mol. The van der Waals surface area contributed by atoms with Gasteiger partial charge in [-0.2, -0.15) is 0 Å². The van der Waals surface area contributed by atoms with Gasteiger partial charge in [-0.05, 0) is 12.5 Å². The maximum Gasteiger partial charge on any atom is 0.223 e. The molecule has 0 aliphatic heterocycles. The summed E-state index contributed by atoms with van der Waals surface area (Å²) in [6.07, 6.45) is 1.22. The zero-order chi connectivity index (χ0) is 13.5. The highest BCUT2D eigenvalue weighted by Crippen LogP contribution is 2.19. The Kier molecular flexibility index (Phi) is 5.78. The number of carbonyl (C=O) groups excluding carboxylic acids is 1. The van der Waals surface area contributed by atoms with E-state index >= 15 is 0 Å². The summed E-state index contributed by atoms with van der Waals surface area (Å²) < 4.78 is 13.6. The molecule has 0 saturated carbocycles. The maximum absolute atomic E-state index is 13.6. The number of hydrogen-bond donors (Lipinski definition) is 1. The molecule has 1 aromatic rings. The Bertz CT molecular complexity index is 393. The number of rotatable bonds is 6. The molecular weight excluding hydrogens is 231 g/mol. The van der Waals surface area contributed by atoms with Crippen molar-refractivity contribution >= 4 is 5.91 Å². The lowest BCUT2D eigenvalue weighted by atomic mass is 10.0. The molecule has 0 spiro atoms. The highest BCUT2D eigenvalue weighted by Gasteiger charge is 2.13. The van der Waals surface area contributed by atoms with Crippen LogP contribution in [0.15, 0.2) is 24.3 Å². The van der Waals surface area contributed by atoms with Crippen molar-refractivity contribution in [2.45, 2.75) is 25.8 Å². The van der Waals surface area contributed by atoms with E-state index in [4.69, 9.17) is 0 Å². The van der Waals surface area contributed by atoms with E-state index in [1.807, 2.05) is 13.0 Å². The smallest absolute Gasteiger partial charge is 0.223 e. The van der Waals surface area contributed by atoms with Gasteiger partial charge >= 0.3 is 0 Å². The average molecular weight is 252 g/mol. The van der Waals surface area contributed by atoms with Gasteiger partial charge in [-0.15, -0.1) is 0 Å². The number of carbonyl (C=O) groups is 1. The van der Waals surface area contributed by atoms with E-state index in [1.54, 1.807) is 31.1 Å². The highest BCUT2D eigenvalue weighted by atomic mass is 19.1. The summed E-state index contributed by atoms with van der Waals surface area (Å²) >= 11 is 0. The molecule has 3 nitrogen and oxygen atoms in total. The van der Waals surface area contributed by atoms with E-state index in [2.05, 4.69) is 5.32 Å². The summed E-state index contributed by atoms with van der Waals surface area (Å²) in [6, 6.07) is 6.71. The number of nitrogens with one attached hydrogen (secondary N) is 1. The van der Waals surface area contributed by atoms with Crippen molar-refractivity contribution in [2.24, 2.45) is 0 Å². The van der Waals surface area contributed by atoms with Crippen molar-refractivity contribution in [3.63, 3.8) is 0 Å². The second-order valence-corrected chi connectivity index (χ2v) is 4.47. The van der Waals surface area contributed by atoms with Crippen LogP contribution in [0.25, 0.3) is 0 Å². The molecule has 0 radical (unpaired) electrons. The lowest BCUT2D eigenvalue weighted by Crippen LogP contribution is -2.29. The second kappa shape index (κ2) is 7.11. The van der Waals surface area contributed by atoms with E-state index in [0.717, 1.165) is 6.42 Å². The van der Waals surface area contributed by atoms with Crippen LogP contribution in [0.3, 0.4) is 0 Å². The SMILES string of the molecule is CCC(NCCC(=O)N(C)C)c1ccccc1F. The van der Waals surface area contributed by atoms with Crippen LogP contribution in [0.4, 0.5) is 4.39 Å². The van der Waals surface area contributed by atoms with Gasteiger partial charge in [0.25, 0.3) is 0 Å². The fraction of sp³-hybridized carbons (Fsp3) is 0.500. The molecule has 100 valence electrons. The first kappa shape index (κ1) is 14.6. The van der Waals surface area contributed by atoms with E-state index in [-0.39, 0.29) is 17.8 Å². The first-order valence-electron chi connectivity index (χ1n) is 6.24. The molecule has 4 heteroatoms. The number of benzene rings is 1. The maximum atomic E-state index is 13.6. The molecule has 1 amide bonds. The predicted octanol–water partition coefficient (Wildman–Crippen LogP) is 2.34. The van der Waals surface area contributed by atoms with Crippen LogP contribution < -0.4 is 5.32 Å². The van der Waals surface area contributed by atoms with E-state index in [9.17, 15) is 9.18 Å². The quantitative estimate of drug-likeness (QED) is 0.843. The molecule has 0 fully saturated rings. The second-order valence-electron chi connectivity index (χ2n) is 4.47. The molecule has 0 aromatic heterocycles. The normalized spacial score (nSPS) is 12.2. The van der Waals surface area contributed by atoms with E-state index in [0.29, 0.717) is 18.5 Å². The molecule has 0 aliphatic rings. The number of nitrogens with zero attached hydrogens (tertiary/aromatic N) is 1. The lowest BCUT2D eigenvalue weighted by molar-refractivity contribution is -0.128. The topological polar surface area (TPSA) is 32.3 Å². The molecule has 1 atom stereocenters. The van der Waals surface area contributed by atoms with Crippen LogP contribution >= 0.6 is 0 Å².